The Hall–Kier alpha value is 0.474. The predicted octanol–water partition coefficient (Wildman–Crippen LogP) is -0.993. The van der Waals surface area contributed by atoms with Gasteiger partial charge in [-0.25, -0.2) is 0 Å². The molecule has 0 saturated carbocycles. The molecule has 0 aromatic carbocycles. The fraction of sp³-hybridized carbons (Fsp3) is 1.00. The summed E-state index contributed by atoms with van der Waals surface area (Å²) in [6, 6.07) is 0. The third-order valence-electron chi connectivity index (χ3n) is 0.566. The molecule has 6 nitrogen and oxygen atoms in total. The summed E-state index contributed by atoms with van der Waals surface area (Å²) in [5, 5.41) is 38.1. The maximum absolute atomic E-state index is 9.53. The summed E-state index contributed by atoms with van der Waals surface area (Å²) >= 11 is 0. The molecule has 1 saturated heterocycles. The summed E-state index contributed by atoms with van der Waals surface area (Å²) < 4.78 is 9.27. The van der Waals surface area contributed by atoms with E-state index >= 15 is 0 Å². The number of ether oxygens (including phenoxy) is 2. The number of epoxide rings is 1. The van der Waals surface area contributed by atoms with Crippen molar-refractivity contribution in [2.45, 2.75) is 86.1 Å². The van der Waals surface area contributed by atoms with E-state index in [1.807, 2.05) is 0 Å². The molecule has 1 unspecified atom stereocenters. The summed E-state index contributed by atoms with van der Waals surface area (Å²) in [4.78, 5) is 0. The molecule has 1 heterocycles. The van der Waals surface area contributed by atoms with E-state index in [9.17, 15) is 20.4 Å². The molecule has 0 aromatic heterocycles. The average molecular weight is 358 g/mol. The summed E-state index contributed by atoms with van der Waals surface area (Å²) in [6.45, 7) is 13.7. The normalized spacial score (nSPS) is 14.3. The fourth-order valence-electron chi connectivity index (χ4n) is 0.175. The van der Waals surface area contributed by atoms with Gasteiger partial charge in [-0.15, -0.1) is 24.4 Å². The molecule has 1 atom stereocenters. The second-order valence-corrected chi connectivity index (χ2v) is 5.19. The van der Waals surface area contributed by atoms with Crippen LogP contribution in [-0.4, -0.2) is 44.4 Å². The zero-order chi connectivity index (χ0) is 18.0. The van der Waals surface area contributed by atoms with Crippen molar-refractivity contribution < 1.29 is 51.6 Å². The van der Waals surface area contributed by atoms with E-state index in [-0.39, 0.29) is 28.0 Å². The van der Waals surface area contributed by atoms with Gasteiger partial charge in [-0.1, -0.05) is 55.4 Å². The van der Waals surface area contributed by atoms with Gasteiger partial charge in [-0.3, -0.25) is 0 Å². The Morgan fingerprint density at radius 2 is 0.864 bits per heavy atom. The van der Waals surface area contributed by atoms with Crippen LogP contribution in [0.3, 0.4) is 0 Å². The Bertz CT molecular complexity index is 127. The predicted molar refractivity (Wildman–Crippen MR) is 77.3 cm³/mol. The van der Waals surface area contributed by atoms with E-state index in [1.165, 1.54) is 0 Å². The molecule has 0 amide bonds. The summed E-state index contributed by atoms with van der Waals surface area (Å²) in [6.07, 6.45) is -1.53. The molecule has 1 aliphatic heterocycles. The van der Waals surface area contributed by atoms with E-state index in [1.54, 1.807) is 62.5 Å². The van der Waals surface area contributed by atoms with Crippen molar-refractivity contribution in [1.29, 1.82) is 0 Å². The molecule has 0 spiro atoms. The minimum Gasteiger partial charge on any atom is -0.852 e. The van der Waals surface area contributed by atoms with E-state index in [0.29, 0.717) is 0 Å². The second-order valence-electron chi connectivity index (χ2n) is 5.19. The van der Waals surface area contributed by atoms with Gasteiger partial charge < -0.3 is 29.9 Å². The van der Waals surface area contributed by atoms with Crippen LogP contribution in [0.5, 0.6) is 0 Å². The molecule has 0 radical (unpaired) electrons. The van der Waals surface area contributed by atoms with Crippen molar-refractivity contribution in [3.8, 4) is 0 Å². The molecule has 0 aromatic rings. The van der Waals surface area contributed by atoms with Crippen LogP contribution in [0.1, 0.15) is 55.4 Å². The molecule has 22 heavy (non-hydrogen) atoms. The Balaban J connectivity index is -0.0000000544. The SMILES string of the molecule is CC(C)[O-].CC(C)[O-].CC(C)[O-].CC(C)[O-].COC1CO1.[Ti+4]. The van der Waals surface area contributed by atoms with Crippen LogP contribution >= 0.6 is 0 Å². The van der Waals surface area contributed by atoms with Crippen molar-refractivity contribution in [3.63, 3.8) is 0 Å². The maximum atomic E-state index is 9.53. The number of hydrogen-bond acceptors (Lipinski definition) is 6. The first-order chi connectivity index (χ1) is 9.36. The first kappa shape index (κ1) is 33.9. The standard InChI is InChI=1S/C3H6O2.4C3H7O.Ti/c1-4-3-2-5-3;4*1-3(2)4;/h3H,2H2,1H3;4*3H,1-2H3;/q;4*-1;+4. The molecule has 0 N–H and O–H groups in total. The smallest absolute Gasteiger partial charge is 0.852 e. The van der Waals surface area contributed by atoms with E-state index in [0.717, 1.165) is 6.61 Å². The van der Waals surface area contributed by atoms with Gasteiger partial charge in [0.1, 0.15) is 6.61 Å². The van der Waals surface area contributed by atoms with Gasteiger partial charge in [-0.05, 0) is 0 Å². The van der Waals surface area contributed by atoms with Crippen molar-refractivity contribution in [2.75, 3.05) is 13.7 Å². The van der Waals surface area contributed by atoms with E-state index < -0.39 is 24.4 Å². The molecule has 1 aliphatic rings. The van der Waals surface area contributed by atoms with Crippen LogP contribution in [0, 0.1) is 0 Å². The van der Waals surface area contributed by atoms with Gasteiger partial charge in [0, 0.05) is 7.11 Å². The van der Waals surface area contributed by atoms with Crippen LogP contribution in [0.15, 0.2) is 0 Å². The van der Waals surface area contributed by atoms with Crippen molar-refractivity contribution in [3.05, 3.63) is 0 Å². The molecule has 0 aliphatic carbocycles. The molecule has 134 valence electrons. The molecule has 1 fully saturated rings. The molecular weight excluding hydrogens is 324 g/mol. The zero-order valence-corrected chi connectivity index (χ0v) is 17.1. The zero-order valence-electron chi connectivity index (χ0n) is 15.5. The summed E-state index contributed by atoms with van der Waals surface area (Å²) in [5.41, 5.74) is 0. The van der Waals surface area contributed by atoms with E-state index in [2.05, 4.69) is 9.47 Å². The van der Waals surface area contributed by atoms with Crippen LogP contribution in [0.2, 0.25) is 0 Å². The van der Waals surface area contributed by atoms with Gasteiger partial charge in [0.25, 0.3) is 0 Å². The minimum absolute atomic E-state index is 0. The monoisotopic (exact) mass is 358 g/mol. The van der Waals surface area contributed by atoms with Gasteiger partial charge in [0.05, 0.1) is 0 Å². The third-order valence-corrected chi connectivity index (χ3v) is 0.566. The van der Waals surface area contributed by atoms with Gasteiger partial charge in [0.2, 0.25) is 0 Å². The third kappa shape index (κ3) is 259. The Kier molecular flexibility index (Phi) is 40.7. The molecular formula is C15H34O6Ti. The topological polar surface area (TPSA) is 114 Å². The van der Waals surface area contributed by atoms with Crippen LogP contribution in [0.25, 0.3) is 0 Å². The van der Waals surface area contributed by atoms with Gasteiger partial charge >= 0.3 is 21.7 Å². The Morgan fingerprint density at radius 3 is 0.864 bits per heavy atom. The van der Waals surface area contributed by atoms with Crippen molar-refractivity contribution >= 4 is 0 Å². The van der Waals surface area contributed by atoms with Crippen molar-refractivity contribution in [1.82, 2.24) is 0 Å². The second kappa shape index (κ2) is 26.4. The van der Waals surface area contributed by atoms with Crippen LogP contribution < -0.4 is 20.4 Å². The van der Waals surface area contributed by atoms with E-state index in [4.69, 9.17) is 0 Å². The molecule has 7 heteroatoms. The number of rotatable bonds is 1. The van der Waals surface area contributed by atoms with Gasteiger partial charge in [-0.2, -0.15) is 0 Å². The quantitative estimate of drug-likeness (QED) is 0.439. The first-order valence-electron chi connectivity index (χ1n) is 7.14. The summed E-state index contributed by atoms with van der Waals surface area (Å²) in [7, 11) is 1.64. The Labute approximate surface area is 151 Å². The van der Waals surface area contributed by atoms with Crippen LogP contribution in [0.4, 0.5) is 0 Å². The molecule has 0 bridgehead atoms. The van der Waals surface area contributed by atoms with Crippen molar-refractivity contribution in [2.24, 2.45) is 0 Å². The molecule has 1 rings (SSSR count). The average Bonchev–Trinajstić information content (AvgIpc) is 2.95. The van der Waals surface area contributed by atoms with Gasteiger partial charge in [0.15, 0.2) is 6.29 Å². The number of hydrogen-bond donors (Lipinski definition) is 0. The first-order valence-corrected chi connectivity index (χ1v) is 7.14. The summed E-state index contributed by atoms with van der Waals surface area (Å²) in [5.74, 6) is 0. The largest absolute Gasteiger partial charge is 4.00 e. The number of methoxy groups -OCH3 is 1. The fourth-order valence-corrected chi connectivity index (χ4v) is 0.175. The minimum atomic E-state index is -0.417. The maximum Gasteiger partial charge on any atom is 4.00 e. The Morgan fingerprint density at radius 1 is 0.727 bits per heavy atom. The van der Waals surface area contributed by atoms with Crippen LogP contribution in [-0.2, 0) is 31.2 Å².